The predicted octanol–water partition coefficient (Wildman–Crippen LogP) is 0.746. The normalized spacial score (nSPS) is 20.9. The van der Waals surface area contributed by atoms with Gasteiger partial charge in [-0.2, -0.15) is 5.10 Å². The number of carbonyl (C=O) groups excluding carboxylic acids is 1. The van der Waals surface area contributed by atoms with Gasteiger partial charge >= 0.3 is 0 Å². The van der Waals surface area contributed by atoms with Crippen molar-refractivity contribution < 1.29 is 9.90 Å². The highest BCUT2D eigenvalue weighted by Crippen LogP contribution is 2.23. The first-order valence-corrected chi connectivity index (χ1v) is 7.86. The fraction of sp³-hybridized carbons (Fsp3) is 0.500. The Labute approximate surface area is 134 Å². The SMILES string of the molecule is CCc1[nH]nc(C(=O)N2C[C@@H](Cc3cnccn3)[C@H](O)C2)c1C. The second-order valence-corrected chi connectivity index (χ2v) is 5.97. The van der Waals surface area contributed by atoms with Crippen LogP contribution in [-0.4, -0.2) is 55.3 Å². The maximum absolute atomic E-state index is 12.6. The van der Waals surface area contributed by atoms with E-state index in [1.807, 2.05) is 13.8 Å². The zero-order valence-electron chi connectivity index (χ0n) is 13.4. The number of carbonyl (C=O) groups is 1. The molecule has 7 heteroatoms. The van der Waals surface area contributed by atoms with Gasteiger partial charge in [0.25, 0.3) is 5.91 Å². The number of likely N-dealkylation sites (tertiary alicyclic amines) is 1. The first-order chi connectivity index (χ1) is 11.1. The molecule has 2 aromatic heterocycles. The van der Waals surface area contributed by atoms with Crippen molar-refractivity contribution in [2.24, 2.45) is 5.92 Å². The van der Waals surface area contributed by atoms with Gasteiger partial charge in [-0.05, 0) is 19.8 Å². The van der Waals surface area contributed by atoms with Crippen LogP contribution in [-0.2, 0) is 12.8 Å². The molecule has 2 N–H and O–H groups in total. The van der Waals surface area contributed by atoms with Crippen LogP contribution in [0.5, 0.6) is 0 Å². The molecule has 1 aliphatic heterocycles. The molecule has 3 heterocycles. The van der Waals surface area contributed by atoms with E-state index in [9.17, 15) is 9.90 Å². The molecule has 0 aromatic carbocycles. The molecule has 0 radical (unpaired) electrons. The van der Waals surface area contributed by atoms with Crippen molar-refractivity contribution in [2.45, 2.75) is 32.8 Å². The van der Waals surface area contributed by atoms with Gasteiger partial charge in [0.05, 0.1) is 11.8 Å². The summed E-state index contributed by atoms with van der Waals surface area (Å²) in [6.07, 6.45) is 5.83. The van der Waals surface area contributed by atoms with Crippen molar-refractivity contribution >= 4 is 5.91 Å². The lowest BCUT2D eigenvalue weighted by atomic mass is 10.0. The van der Waals surface area contributed by atoms with Crippen LogP contribution < -0.4 is 0 Å². The fourth-order valence-electron chi connectivity index (χ4n) is 3.06. The van der Waals surface area contributed by atoms with Gasteiger partial charge in [-0.3, -0.25) is 19.9 Å². The summed E-state index contributed by atoms with van der Waals surface area (Å²) in [5.41, 5.74) is 3.15. The summed E-state index contributed by atoms with van der Waals surface area (Å²) in [6, 6.07) is 0. The number of aromatic amines is 1. The summed E-state index contributed by atoms with van der Waals surface area (Å²) in [4.78, 5) is 22.6. The minimum atomic E-state index is -0.550. The molecular formula is C16H21N5O2. The standard InChI is InChI=1S/C16H21N5O2/c1-3-13-10(2)15(20-19-13)16(23)21-8-11(14(22)9-21)6-12-7-17-4-5-18-12/h4-5,7,11,14,22H,3,6,8-9H2,1-2H3,(H,19,20)/t11-,14-/m1/s1. The van der Waals surface area contributed by atoms with Gasteiger partial charge in [0.15, 0.2) is 5.69 Å². The van der Waals surface area contributed by atoms with Crippen molar-refractivity contribution in [3.63, 3.8) is 0 Å². The number of nitrogens with one attached hydrogen (secondary N) is 1. The molecule has 2 aromatic rings. The first-order valence-electron chi connectivity index (χ1n) is 7.86. The Kier molecular flexibility index (Phi) is 4.38. The van der Waals surface area contributed by atoms with E-state index in [0.29, 0.717) is 25.2 Å². The molecule has 0 bridgehead atoms. The third-order valence-electron chi connectivity index (χ3n) is 4.45. The highest BCUT2D eigenvalue weighted by Gasteiger charge is 2.36. The van der Waals surface area contributed by atoms with Gasteiger partial charge in [0, 0.05) is 48.9 Å². The smallest absolute Gasteiger partial charge is 0.274 e. The van der Waals surface area contributed by atoms with Crippen molar-refractivity contribution in [3.8, 4) is 0 Å². The molecule has 23 heavy (non-hydrogen) atoms. The van der Waals surface area contributed by atoms with E-state index >= 15 is 0 Å². The van der Waals surface area contributed by atoms with Gasteiger partial charge < -0.3 is 10.0 Å². The van der Waals surface area contributed by atoms with Crippen LogP contribution in [0.4, 0.5) is 0 Å². The second-order valence-electron chi connectivity index (χ2n) is 5.97. The number of nitrogens with zero attached hydrogens (tertiary/aromatic N) is 4. The van der Waals surface area contributed by atoms with E-state index < -0.39 is 6.10 Å². The topological polar surface area (TPSA) is 95.0 Å². The number of rotatable bonds is 4. The fourth-order valence-corrected chi connectivity index (χ4v) is 3.06. The highest BCUT2D eigenvalue weighted by atomic mass is 16.3. The molecule has 1 aliphatic rings. The van der Waals surface area contributed by atoms with E-state index in [4.69, 9.17) is 0 Å². The van der Waals surface area contributed by atoms with Crippen molar-refractivity contribution in [1.82, 2.24) is 25.1 Å². The summed E-state index contributed by atoms with van der Waals surface area (Å²) >= 11 is 0. The van der Waals surface area contributed by atoms with Crippen LogP contribution in [0.25, 0.3) is 0 Å². The lowest BCUT2D eigenvalue weighted by Gasteiger charge is -2.15. The van der Waals surface area contributed by atoms with Gasteiger partial charge in [-0.15, -0.1) is 0 Å². The maximum Gasteiger partial charge on any atom is 0.274 e. The van der Waals surface area contributed by atoms with Crippen LogP contribution in [0, 0.1) is 12.8 Å². The lowest BCUT2D eigenvalue weighted by molar-refractivity contribution is 0.0758. The van der Waals surface area contributed by atoms with E-state index in [1.54, 1.807) is 23.5 Å². The zero-order chi connectivity index (χ0) is 16.4. The van der Waals surface area contributed by atoms with Crippen LogP contribution in [0.1, 0.15) is 34.4 Å². The Morgan fingerprint density at radius 3 is 2.91 bits per heavy atom. The van der Waals surface area contributed by atoms with Gasteiger partial charge in [-0.1, -0.05) is 6.92 Å². The predicted molar refractivity (Wildman–Crippen MR) is 83.8 cm³/mol. The largest absolute Gasteiger partial charge is 0.391 e. The molecule has 7 nitrogen and oxygen atoms in total. The summed E-state index contributed by atoms with van der Waals surface area (Å²) in [7, 11) is 0. The molecule has 3 rings (SSSR count). The number of β-amino-alcohol motifs (C(OH)–C–C–N with tert-alkyl or cyclic N) is 1. The highest BCUT2D eigenvalue weighted by molar-refractivity contribution is 5.94. The summed E-state index contributed by atoms with van der Waals surface area (Å²) in [6.45, 7) is 4.76. The molecule has 0 saturated carbocycles. The minimum absolute atomic E-state index is 0.0273. The van der Waals surface area contributed by atoms with E-state index in [0.717, 1.165) is 23.4 Å². The quantitative estimate of drug-likeness (QED) is 0.868. The van der Waals surface area contributed by atoms with E-state index in [-0.39, 0.29) is 11.8 Å². The molecule has 2 atom stereocenters. The molecule has 1 amide bonds. The average Bonchev–Trinajstić information content (AvgIpc) is 3.11. The second kappa shape index (κ2) is 6.45. The Bertz CT molecular complexity index is 685. The third-order valence-corrected chi connectivity index (χ3v) is 4.45. The molecule has 0 unspecified atom stereocenters. The zero-order valence-corrected chi connectivity index (χ0v) is 13.4. The number of amides is 1. The van der Waals surface area contributed by atoms with Crippen LogP contribution in [0.3, 0.4) is 0 Å². The average molecular weight is 315 g/mol. The number of aromatic nitrogens is 4. The minimum Gasteiger partial charge on any atom is -0.391 e. The molecule has 0 aliphatic carbocycles. The number of aryl methyl sites for hydroxylation is 1. The number of hydrogen-bond acceptors (Lipinski definition) is 5. The lowest BCUT2D eigenvalue weighted by Crippen LogP contribution is -2.30. The van der Waals surface area contributed by atoms with E-state index in [1.165, 1.54) is 0 Å². The van der Waals surface area contributed by atoms with Crippen LogP contribution in [0.2, 0.25) is 0 Å². The van der Waals surface area contributed by atoms with Crippen molar-refractivity contribution in [3.05, 3.63) is 41.2 Å². The first kappa shape index (κ1) is 15.6. The number of hydrogen-bond donors (Lipinski definition) is 2. The molecule has 1 fully saturated rings. The number of H-pyrrole nitrogens is 1. The summed E-state index contributed by atoms with van der Waals surface area (Å²) < 4.78 is 0. The Morgan fingerprint density at radius 2 is 2.26 bits per heavy atom. The summed E-state index contributed by atoms with van der Waals surface area (Å²) in [5.74, 6) is -0.153. The molecule has 1 saturated heterocycles. The Morgan fingerprint density at radius 1 is 1.43 bits per heavy atom. The van der Waals surface area contributed by atoms with Gasteiger partial charge in [0.1, 0.15) is 0 Å². The van der Waals surface area contributed by atoms with Crippen molar-refractivity contribution in [2.75, 3.05) is 13.1 Å². The van der Waals surface area contributed by atoms with Gasteiger partial charge in [-0.25, -0.2) is 0 Å². The number of aliphatic hydroxyl groups excluding tert-OH is 1. The van der Waals surface area contributed by atoms with E-state index in [2.05, 4.69) is 20.2 Å². The Hall–Kier alpha value is -2.28. The molecular weight excluding hydrogens is 294 g/mol. The monoisotopic (exact) mass is 315 g/mol. The Balaban J connectivity index is 1.70. The maximum atomic E-state index is 12.6. The third kappa shape index (κ3) is 3.10. The van der Waals surface area contributed by atoms with Crippen LogP contribution in [0.15, 0.2) is 18.6 Å². The number of aliphatic hydroxyl groups is 1. The van der Waals surface area contributed by atoms with Crippen LogP contribution >= 0.6 is 0 Å². The molecule has 122 valence electrons. The summed E-state index contributed by atoms with van der Waals surface area (Å²) in [5, 5.41) is 17.3. The van der Waals surface area contributed by atoms with Crippen molar-refractivity contribution in [1.29, 1.82) is 0 Å². The molecule has 0 spiro atoms. The van der Waals surface area contributed by atoms with Gasteiger partial charge in [0.2, 0.25) is 0 Å².